The molecule has 5 heteroatoms. The van der Waals surface area contributed by atoms with Crippen molar-refractivity contribution in [3.8, 4) is 0 Å². The first kappa shape index (κ1) is 14.3. The molecule has 0 saturated carbocycles. The van der Waals surface area contributed by atoms with E-state index in [0.29, 0.717) is 17.9 Å². The molecule has 0 aliphatic rings. The van der Waals surface area contributed by atoms with Crippen molar-refractivity contribution in [2.75, 3.05) is 6.54 Å². The molecule has 0 aliphatic carbocycles. The predicted octanol–water partition coefficient (Wildman–Crippen LogP) is 1.46. The van der Waals surface area contributed by atoms with Crippen molar-refractivity contribution < 1.29 is 14.0 Å². The Bertz CT molecular complexity index is 463. The Morgan fingerprint density at radius 3 is 2.28 bits per heavy atom. The van der Waals surface area contributed by atoms with E-state index < -0.39 is 6.04 Å². The first-order valence-corrected chi connectivity index (χ1v) is 6.03. The van der Waals surface area contributed by atoms with E-state index in [9.17, 15) is 9.59 Å². The van der Waals surface area contributed by atoms with Crippen LogP contribution in [-0.4, -0.2) is 24.4 Å². The van der Waals surface area contributed by atoms with Crippen LogP contribution in [0.1, 0.15) is 41.3 Å². The number of amides is 2. The van der Waals surface area contributed by atoms with E-state index in [0.717, 1.165) is 11.3 Å². The summed E-state index contributed by atoms with van der Waals surface area (Å²) in [5, 5.41) is 5.32. The zero-order chi connectivity index (χ0) is 13.9. The van der Waals surface area contributed by atoms with Crippen LogP contribution in [0, 0.1) is 20.8 Å². The summed E-state index contributed by atoms with van der Waals surface area (Å²) in [7, 11) is 0. The van der Waals surface area contributed by atoms with Crippen LogP contribution in [0.15, 0.2) is 4.42 Å². The highest BCUT2D eigenvalue weighted by Crippen LogP contribution is 2.20. The molecule has 1 atom stereocenters. The van der Waals surface area contributed by atoms with Gasteiger partial charge in [0.05, 0.1) is 5.56 Å². The van der Waals surface area contributed by atoms with Crippen molar-refractivity contribution >= 4 is 11.8 Å². The topological polar surface area (TPSA) is 71.3 Å². The average molecular weight is 252 g/mol. The van der Waals surface area contributed by atoms with Gasteiger partial charge in [0, 0.05) is 12.1 Å². The maximum Gasteiger partial charge on any atom is 0.255 e. The standard InChI is InChI=1S/C13H20N2O3/c1-6-14-12(16)8(3)15-13(17)11-7(2)9(4)18-10(11)5/h8H,6H2,1-5H3,(H,14,16)(H,15,17). The van der Waals surface area contributed by atoms with Gasteiger partial charge in [0.25, 0.3) is 5.91 Å². The second kappa shape index (κ2) is 5.71. The van der Waals surface area contributed by atoms with E-state index >= 15 is 0 Å². The first-order chi connectivity index (χ1) is 8.38. The number of carbonyl (C=O) groups is 2. The molecule has 1 unspecified atom stereocenters. The summed E-state index contributed by atoms with van der Waals surface area (Å²) in [5.74, 6) is 0.830. The predicted molar refractivity (Wildman–Crippen MR) is 68.5 cm³/mol. The zero-order valence-electron chi connectivity index (χ0n) is 11.5. The molecule has 1 aromatic heterocycles. The first-order valence-electron chi connectivity index (χ1n) is 6.03. The van der Waals surface area contributed by atoms with Crippen molar-refractivity contribution in [1.82, 2.24) is 10.6 Å². The van der Waals surface area contributed by atoms with E-state index in [2.05, 4.69) is 10.6 Å². The quantitative estimate of drug-likeness (QED) is 0.852. The fraction of sp³-hybridized carbons (Fsp3) is 0.538. The van der Waals surface area contributed by atoms with Crippen LogP contribution in [0.4, 0.5) is 0 Å². The SMILES string of the molecule is CCNC(=O)C(C)NC(=O)c1c(C)oc(C)c1C. The van der Waals surface area contributed by atoms with Crippen molar-refractivity contribution in [3.63, 3.8) is 0 Å². The smallest absolute Gasteiger partial charge is 0.255 e. The van der Waals surface area contributed by atoms with Crippen molar-refractivity contribution in [1.29, 1.82) is 0 Å². The molecular formula is C13H20N2O3. The fourth-order valence-electron chi connectivity index (χ4n) is 1.79. The third kappa shape index (κ3) is 2.91. The minimum atomic E-state index is -0.563. The summed E-state index contributed by atoms with van der Waals surface area (Å²) in [6.45, 7) is 9.41. The van der Waals surface area contributed by atoms with Gasteiger partial charge in [-0.25, -0.2) is 0 Å². The number of rotatable bonds is 4. The molecule has 5 nitrogen and oxygen atoms in total. The van der Waals surface area contributed by atoms with Crippen LogP contribution in [0.3, 0.4) is 0 Å². The van der Waals surface area contributed by atoms with Crippen LogP contribution in [0.2, 0.25) is 0 Å². The highest BCUT2D eigenvalue weighted by atomic mass is 16.3. The van der Waals surface area contributed by atoms with E-state index in [-0.39, 0.29) is 11.8 Å². The molecule has 2 N–H and O–H groups in total. The number of aryl methyl sites for hydroxylation is 2. The van der Waals surface area contributed by atoms with Gasteiger partial charge in [-0.15, -0.1) is 0 Å². The van der Waals surface area contributed by atoms with E-state index in [1.54, 1.807) is 13.8 Å². The van der Waals surface area contributed by atoms with Crippen LogP contribution in [0.25, 0.3) is 0 Å². The lowest BCUT2D eigenvalue weighted by Crippen LogP contribution is -2.44. The number of furan rings is 1. The molecule has 2 amide bonds. The lowest BCUT2D eigenvalue weighted by atomic mass is 10.1. The Morgan fingerprint density at radius 1 is 1.22 bits per heavy atom. The largest absolute Gasteiger partial charge is 0.466 e. The monoisotopic (exact) mass is 252 g/mol. The normalized spacial score (nSPS) is 12.1. The van der Waals surface area contributed by atoms with Crippen LogP contribution in [0.5, 0.6) is 0 Å². The van der Waals surface area contributed by atoms with Crippen molar-refractivity contribution in [3.05, 3.63) is 22.6 Å². The zero-order valence-corrected chi connectivity index (χ0v) is 11.5. The second-order valence-corrected chi connectivity index (χ2v) is 4.30. The van der Waals surface area contributed by atoms with Gasteiger partial charge in [-0.1, -0.05) is 0 Å². The lowest BCUT2D eigenvalue weighted by molar-refractivity contribution is -0.122. The third-order valence-corrected chi connectivity index (χ3v) is 2.88. The van der Waals surface area contributed by atoms with Gasteiger partial charge in [0.2, 0.25) is 5.91 Å². The van der Waals surface area contributed by atoms with Gasteiger partial charge in [-0.2, -0.15) is 0 Å². The van der Waals surface area contributed by atoms with Crippen LogP contribution < -0.4 is 10.6 Å². The maximum atomic E-state index is 12.1. The average Bonchev–Trinajstić information content (AvgIpc) is 2.53. The van der Waals surface area contributed by atoms with Crippen molar-refractivity contribution in [2.24, 2.45) is 0 Å². The molecule has 0 fully saturated rings. The Balaban J connectivity index is 2.80. The number of hydrogen-bond acceptors (Lipinski definition) is 3. The van der Waals surface area contributed by atoms with Gasteiger partial charge in [-0.3, -0.25) is 9.59 Å². The fourth-order valence-corrected chi connectivity index (χ4v) is 1.79. The molecule has 1 aromatic rings. The summed E-state index contributed by atoms with van der Waals surface area (Å²) >= 11 is 0. The summed E-state index contributed by atoms with van der Waals surface area (Å²) in [6.07, 6.45) is 0. The number of likely N-dealkylation sites (N-methyl/N-ethyl adjacent to an activating group) is 1. The minimum Gasteiger partial charge on any atom is -0.466 e. The third-order valence-electron chi connectivity index (χ3n) is 2.88. The molecule has 0 radical (unpaired) electrons. The van der Waals surface area contributed by atoms with Gasteiger partial charge in [-0.05, 0) is 34.6 Å². The minimum absolute atomic E-state index is 0.193. The van der Waals surface area contributed by atoms with Gasteiger partial charge in [0.1, 0.15) is 17.6 Å². The Morgan fingerprint density at radius 2 is 1.83 bits per heavy atom. The highest BCUT2D eigenvalue weighted by Gasteiger charge is 2.22. The van der Waals surface area contributed by atoms with Crippen LogP contribution in [-0.2, 0) is 4.79 Å². The Kier molecular flexibility index (Phi) is 4.53. The van der Waals surface area contributed by atoms with E-state index in [1.165, 1.54) is 0 Å². The Labute approximate surface area is 107 Å². The molecule has 18 heavy (non-hydrogen) atoms. The molecule has 0 bridgehead atoms. The van der Waals surface area contributed by atoms with E-state index in [4.69, 9.17) is 4.42 Å². The summed E-state index contributed by atoms with van der Waals surface area (Å²) in [4.78, 5) is 23.6. The molecular weight excluding hydrogens is 232 g/mol. The summed E-state index contributed by atoms with van der Waals surface area (Å²) in [5.41, 5.74) is 1.33. The van der Waals surface area contributed by atoms with Gasteiger partial charge < -0.3 is 15.1 Å². The van der Waals surface area contributed by atoms with Gasteiger partial charge in [0.15, 0.2) is 0 Å². The summed E-state index contributed by atoms with van der Waals surface area (Å²) < 4.78 is 5.39. The molecule has 0 aliphatic heterocycles. The molecule has 1 rings (SSSR count). The van der Waals surface area contributed by atoms with E-state index in [1.807, 2.05) is 20.8 Å². The molecule has 0 aromatic carbocycles. The summed E-state index contributed by atoms with van der Waals surface area (Å²) in [6, 6.07) is -0.563. The Hall–Kier alpha value is -1.78. The molecule has 1 heterocycles. The second-order valence-electron chi connectivity index (χ2n) is 4.30. The maximum absolute atomic E-state index is 12.1. The lowest BCUT2D eigenvalue weighted by Gasteiger charge is -2.13. The van der Waals surface area contributed by atoms with Gasteiger partial charge >= 0.3 is 0 Å². The molecule has 100 valence electrons. The van der Waals surface area contributed by atoms with Crippen LogP contribution >= 0.6 is 0 Å². The molecule has 0 saturated heterocycles. The number of carbonyl (C=O) groups excluding carboxylic acids is 2. The molecule has 0 spiro atoms. The highest BCUT2D eigenvalue weighted by molar-refractivity contribution is 5.99. The number of hydrogen-bond donors (Lipinski definition) is 2. The number of nitrogens with one attached hydrogen (secondary N) is 2. The van der Waals surface area contributed by atoms with Crippen molar-refractivity contribution in [2.45, 2.75) is 40.7 Å².